The number of aryl methyl sites for hydroxylation is 1. The first-order valence-corrected chi connectivity index (χ1v) is 6.45. The molecule has 1 aliphatic heterocycles. The molecule has 1 aliphatic rings. The van der Waals surface area contributed by atoms with E-state index in [1.807, 2.05) is 0 Å². The summed E-state index contributed by atoms with van der Waals surface area (Å²) in [6.45, 7) is 6.31. The first kappa shape index (κ1) is 13.5. The Balaban J connectivity index is 2.10. The molecule has 0 saturated carbocycles. The van der Waals surface area contributed by atoms with Gasteiger partial charge in [-0.1, -0.05) is 5.16 Å². The van der Waals surface area contributed by atoms with Gasteiger partial charge in [-0.3, -0.25) is 4.79 Å². The number of hydrogen-bond acceptors (Lipinski definition) is 5. The highest BCUT2D eigenvalue weighted by atomic mass is 16.5. The highest BCUT2D eigenvalue weighted by molar-refractivity contribution is 5.84. The molecule has 6 nitrogen and oxygen atoms in total. The Kier molecular flexibility index (Phi) is 3.56. The molecule has 2 heterocycles. The molecule has 0 radical (unpaired) electrons. The lowest BCUT2D eigenvalue weighted by Gasteiger charge is -2.34. The zero-order chi connectivity index (χ0) is 14.0. The molecule has 2 rings (SSSR count). The number of aromatic nitrogens is 2. The molecule has 1 aromatic heterocycles. The van der Waals surface area contributed by atoms with Gasteiger partial charge in [0.2, 0.25) is 11.8 Å². The van der Waals surface area contributed by atoms with Crippen LogP contribution in [-0.4, -0.2) is 34.0 Å². The molecule has 6 heteroatoms. The molecule has 0 bridgehead atoms. The Labute approximate surface area is 112 Å². The molecule has 1 atom stereocenters. The summed E-state index contributed by atoms with van der Waals surface area (Å²) in [6, 6.07) is 2.05. The molecule has 0 aliphatic carbocycles. The summed E-state index contributed by atoms with van der Waals surface area (Å²) in [5, 5.41) is 12.8. The van der Waals surface area contributed by atoms with Crippen molar-refractivity contribution >= 4 is 5.91 Å². The molecule has 1 aromatic rings. The minimum absolute atomic E-state index is 0.0772. The second kappa shape index (κ2) is 5.00. The van der Waals surface area contributed by atoms with Gasteiger partial charge in [0, 0.05) is 13.1 Å². The number of carbonyl (C=O) groups is 1. The van der Waals surface area contributed by atoms with Crippen molar-refractivity contribution in [3.05, 3.63) is 11.7 Å². The summed E-state index contributed by atoms with van der Waals surface area (Å²) < 4.78 is 5.18. The average molecular weight is 262 g/mol. The van der Waals surface area contributed by atoms with Gasteiger partial charge in [0.15, 0.2) is 5.82 Å². The molecule has 1 fully saturated rings. The predicted octanol–water partition coefficient (Wildman–Crippen LogP) is 1.63. The van der Waals surface area contributed by atoms with Gasteiger partial charge in [-0.05, 0) is 33.6 Å². The SMILES string of the molecule is Cc1noc(C2CCCN(C(=O)C(C)(C)C#N)C2)n1. The van der Waals surface area contributed by atoms with Crippen LogP contribution in [0.15, 0.2) is 4.52 Å². The molecule has 19 heavy (non-hydrogen) atoms. The number of piperidine rings is 1. The first-order valence-electron chi connectivity index (χ1n) is 6.45. The fraction of sp³-hybridized carbons (Fsp3) is 0.692. The number of nitrogens with zero attached hydrogens (tertiary/aromatic N) is 4. The summed E-state index contributed by atoms with van der Waals surface area (Å²) >= 11 is 0. The third-order valence-electron chi connectivity index (χ3n) is 3.42. The zero-order valence-electron chi connectivity index (χ0n) is 11.5. The van der Waals surface area contributed by atoms with E-state index in [-0.39, 0.29) is 11.8 Å². The van der Waals surface area contributed by atoms with E-state index in [1.165, 1.54) is 0 Å². The Bertz CT molecular complexity index is 515. The van der Waals surface area contributed by atoms with Crippen LogP contribution in [0.3, 0.4) is 0 Å². The van der Waals surface area contributed by atoms with Crippen molar-refractivity contribution in [2.75, 3.05) is 13.1 Å². The van der Waals surface area contributed by atoms with Crippen molar-refractivity contribution in [2.24, 2.45) is 5.41 Å². The number of likely N-dealkylation sites (tertiary alicyclic amines) is 1. The van der Waals surface area contributed by atoms with E-state index in [2.05, 4.69) is 16.2 Å². The maximum Gasteiger partial charge on any atom is 0.242 e. The topological polar surface area (TPSA) is 83.0 Å². The second-order valence-corrected chi connectivity index (χ2v) is 5.51. The molecule has 102 valence electrons. The second-order valence-electron chi connectivity index (χ2n) is 5.51. The van der Waals surface area contributed by atoms with Gasteiger partial charge in [0.25, 0.3) is 0 Å². The molecule has 1 unspecified atom stereocenters. The van der Waals surface area contributed by atoms with Gasteiger partial charge >= 0.3 is 0 Å². The van der Waals surface area contributed by atoms with Crippen molar-refractivity contribution in [3.8, 4) is 6.07 Å². The number of rotatable bonds is 2. The van der Waals surface area contributed by atoms with E-state index >= 15 is 0 Å². The van der Waals surface area contributed by atoms with Crippen LogP contribution >= 0.6 is 0 Å². The van der Waals surface area contributed by atoms with E-state index < -0.39 is 5.41 Å². The maximum atomic E-state index is 12.3. The molecular formula is C13H18N4O2. The van der Waals surface area contributed by atoms with Crippen LogP contribution in [0.1, 0.15) is 44.3 Å². The van der Waals surface area contributed by atoms with Gasteiger partial charge in [0.05, 0.1) is 12.0 Å². The van der Waals surface area contributed by atoms with Gasteiger partial charge in [-0.15, -0.1) is 0 Å². The number of carbonyl (C=O) groups excluding carboxylic acids is 1. The molecule has 0 spiro atoms. The lowest BCUT2D eigenvalue weighted by molar-refractivity contribution is -0.138. The molecule has 0 N–H and O–H groups in total. The van der Waals surface area contributed by atoms with Crippen LogP contribution in [-0.2, 0) is 4.79 Å². The highest BCUT2D eigenvalue weighted by Gasteiger charge is 2.36. The zero-order valence-corrected chi connectivity index (χ0v) is 11.5. The third-order valence-corrected chi connectivity index (χ3v) is 3.42. The Morgan fingerprint density at radius 2 is 2.32 bits per heavy atom. The van der Waals surface area contributed by atoms with Crippen LogP contribution in [0, 0.1) is 23.7 Å². The molecule has 0 aromatic carbocycles. The lowest BCUT2D eigenvalue weighted by atomic mass is 9.90. The van der Waals surface area contributed by atoms with Crippen LogP contribution in [0.25, 0.3) is 0 Å². The summed E-state index contributed by atoms with van der Waals surface area (Å²) in [4.78, 5) is 18.2. The number of nitriles is 1. The molecule has 1 amide bonds. The van der Waals surface area contributed by atoms with Crippen molar-refractivity contribution in [1.29, 1.82) is 5.26 Å². The van der Waals surface area contributed by atoms with Crippen molar-refractivity contribution < 1.29 is 9.32 Å². The van der Waals surface area contributed by atoms with Crippen LogP contribution in [0.2, 0.25) is 0 Å². The smallest absolute Gasteiger partial charge is 0.242 e. The fourth-order valence-corrected chi connectivity index (χ4v) is 2.29. The third kappa shape index (κ3) is 2.75. The van der Waals surface area contributed by atoms with Crippen LogP contribution < -0.4 is 0 Å². The maximum absolute atomic E-state index is 12.3. The number of amides is 1. The highest BCUT2D eigenvalue weighted by Crippen LogP contribution is 2.28. The van der Waals surface area contributed by atoms with Gasteiger partial charge in [0.1, 0.15) is 5.41 Å². The van der Waals surface area contributed by atoms with E-state index in [0.717, 1.165) is 12.8 Å². The molecular weight excluding hydrogens is 244 g/mol. The molecule has 1 saturated heterocycles. The standard InChI is InChI=1S/C13H18N4O2/c1-9-15-11(19-16-9)10-5-4-6-17(7-10)12(18)13(2,3)8-14/h10H,4-7H2,1-3H3. The van der Waals surface area contributed by atoms with Gasteiger partial charge < -0.3 is 9.42 Å². The Morgan fingerprint density at radius 3 is 2.89 bits per heavy atom. The van der Waals surface area contributed by atoms with E-state index in [1.54, 1.807) is 25.7 Å². The van der Waals surface area contributed by atoms with Gasteiger partial charge in [-0.25, -0.2) is 0 Å². The first-order chi connectivity index (χ1) is 8.94. The minimum atomic E-state index is -0.980. The monoisotopic (exact) mass is 262 g/mol. The van der Waals surface area contributed by atoms with Crippen molar-refractivity contribution in [2.45, 2.75) is 39.5 Å². The lowest BCUT2D eigenvalue weighted by Crippen LogP contribution is -2.45. The summed E-state index contributed by atoms with van der Waals surface area (Å²) in [7, 11) is 0. The quantitative estimate of drug-likeness (QED) is 0.809. The minimum Gasteiger partial charge on any atom is -0.341 e. The van der Waals surface area contributed by atoms with E-state index in [9.17, 15) is 4.79 Å². The van der Waals surface area contributed by atoms with E-state index in [4.69, 9.17) is 9.78 Å². The fourth-order valence-electron chi connectivity index (χ4n) is 2.29. The van der Waals surface area contributed by atoms with Crippen LogP contribution in [0.5, 0.6) is 0 Å². The summed E-state index contributed by atoms with van der Waals surface area (Å²) in [5.41, 5.74) is -0.980. The summed E-state index contributed by atoms with van der Waals surface area (Å²) in [5.74, 6) is 1.14. The van der Waals surface area contributed by atoms with E-state index in [0.29, 0.717) is 24.8 Å². The Morgan fingerprint density at radius 1 is 1.58 bits per heavy atom. The number of hydrogen-bond donors (Lipinski definition) is 0. The average Bonchev–Trinajstić information content (AvgIpc) is 2.84. The normalized spacial score (nSPS) is 20.1. The Hall–Kier alpha value is -1.90. The van der Waals surface area contributed by atoms with Gasteiger partial charge in [-0.2, -0.15) is 10.2 Å². The largest absolute Gasteiger partial charge is 0.341 e. The summed E-state index contributed by atoms with van der Waals surface area (Å²) in [6.07, 6.45) is 1.82. The van der Waals surface area contributed by atoms with Crippen LogP contribution in [0.4, 0.5) is 0 Å². The van der Waals surface area contributed by atoms with Crippen molar-refractivity contribution in [1.82, 2.24) is 15.0 Å². The van der Waals surface area contributed by atoms with Crippen molar-refractivity contribution in [3.63, 3.8) is 0 Å². The predicted molar refractivity (Wildman–Crippen MR) is 67.0 cm³/mol.